The van der Waals surface area contributed by atoms with Crippen LogP contribution in [0.25, 0.3) is 22.4 Å². The minimum Gasteiger partial charge on any atom is -0.342 e. The Morgan fingerprint density at radius 2 is 2.10 bits per heavy atom. The van der Waals surface area contributed by atoms with E-state index in [0.717, 1.165) is 41.9 Å². The van der Waals surface area contributed by atoms with E-state index in [1.165, 1.54) is 0 Å². The number of H-pyrrole nitrogens is 1. The molecule has 0 spiro atoms. The second-order valence-electron chi connectivity index (χ2n) is 6.91. The molecule has 0 fully saturated rings. The third-order valence-corrected chi connectivity index (χ3v) is 5.21. The van der Waals surface area contributed by atoms with Gasteiger partial charge >= 0.3 is 0 Å². The number of aromatic nitrogens is 6. The van der Waals surface area contributed by atoms with Crippen LogP contribution in [0, 0.1) is 17.2 Å². The maximum absolute atomic E-state index is 9.00. The van der Waals surface area contributed by atoms with Gasteiger partial charge in [0.1, 0.15) is 11.6 Å². The molecule has 3 heterocycles. The first-order valence-corrected chi connectivity index (χ1v) is 9.88. The number of hydrogen-bond acceptors (Lipinski definition) is 5. The summed E-state index contributed by atoms with van der Waals surface area (Å²) in [6, 6.07) is 9.35. The molecule has 3 aromatic heterocycles. The highest BCUT2D eigenvalue weighted by molar-refractivity contribution is 6.32. The zero-order valence-corrected chi connectivity index (χ0v) is 17.1. The van der Waals surface area contributed by atoms with Gasteiger partial charge in [-0.15, -0.1) is 0 Å². The molecule has 0 saturated heterocycles. The first-order valence-electron chi connectivity index (χ1n) is 9.12. The SMILES string of the molecule is C[C@H](CCc1nc(Cl)nc2nc[nH]c12)Cn1ccc(-c2ccc(C#N)c(Cl)c2)n1. The van der Waals surface area contributed by atoms with Gasteiger partial charge in [-0.2, -0.15) is 15.3 Å². The van der Waals surface area contributed by atoms with Crippen molar-refractivity contribution in [1.29, 1.82) is 5.26 Å². The third kappa shape index (κ3) is 4.24. The van der Waals surface area contributed by atoms with Crippen molar-refractivity contribution in [3.05, 3.63) is 58.4 Å². The summed E-state index contributed by atoms with van der Waals surface area (Å²) in [4.78, 5) is 15.7. The van der Waals surface area contributed by atoms with Crippen LogP contribution in [0.2, 0.25) is 10.3 Å². The van der Waals surface area contributed by atoms with Gasteiger partial charge in [-0.25, -0.2) is 9.97 Å². The molecule has 9 heteroatoms. The fourth-order valence-electron chi connectivity index (χ4n) is 3.22. The summed E-state index contributed by atoms with van der Waals surface area (Å²) in [7, 11) is 0. The minimum atomic E-state index is 0.213. The first kappa shape index (κ1) is 19.4. The first-order chi connectivity index (χ1) is 14.0. The van der Waals surface area contributed by atoms with E-state index in [0.29, 0.717) is 22.2 Å². The Labute approximate surface area is 177 Å². The second-order valence-corrected chi connectivity index (χ2v) is 7.66. The summed E-state index contributed by atoms with van der Waals surface area (Å²) in [5, 5.41) is 14.3. The molecule has 0 aliphatic heterocycles. The fourth-order valence-corrected chi connectivity index (χ4v) is 3.63. The van der Waals surface area contributed by atoms with Crippen molar-refractivity contribution >= 4 is 34.4 Å². The lowest BCUT2D eigenvalue weighted by atomic mass is 10.0. The Balaban J connectivity index is 1.41. The van der Waals surface area contributed by atoms with Crippen LogP contribution < -0.4 is 0 Å². The van der Waals surface area contributed by atoms with Crippen molar-refractivity contribution in [2.45, 2.75) is 26.3 Å². The van der Waals surface area contributed by atoms with Crippen molar-refractivity contribution in [2.75, 3.05) is 0 Å². The molecule has 1 N–H and O–H groups in total. The molecule has 1 aromatic carbocycles. The van der Waals surface area contributed by atoms with Crippen molar-refractivity contribution in [3.63, 3.8) is 0 Å². The summed E-state index contributed by atoms with van der Waals surface area (Å²) in [5.74, 6) is 0.374. The molecule has 0 aliphatic rings. The van der Waals surface area contributed by atoms with Gasteiger partial charge in [0.05, 0.1) is 28.3 Å². The Kier molecular flexibility index (Phi) is 5.47. The van der Waals surface area contributed by atoms with Crippen molar-refractivity contribution in [2.24, 2.45) is 5.92 Å². The highest BCUT2D eigenvalue weighted by atomic mass is 35.5. The van der Waals surface area contributed by atoms with Gasteiger partial charge in [0.15, 0.2) is 5.65 Å². The Morgan fingerprint density at radius 1 is 1.24 bits per heavy atom. The standard InChI is InChI=1S/C20H17Cl2N7/c1-12(2-5-17-18-19(25-11-24-18)27-20(22)26-17)10-29-7-6-16(28-29)13-3-4-14(9-23)15(21)8-13/h3-4,6-8,11-12H,2,5,10H2,1H3,(H,24,25,26,27)/t12-/m1/s1. The predicted octanol–water partition coefficient (Wildman–Crippen LogP) is 4.66. The highest BCUT2D eigenvalue weighted by Gasteiger charge is 2.12. The Hall–Kier alpha value is -2.95. The van der Waals surface area contributed by atoms with Crippen LogP contribution in [0.5, 0.6) is 0 Å². The monoisotopic (exact) mass is 425 g/mol. The number of imidazole rings is 1. The molecule has 146 valence electrons. The number of aryl methyl sites for hydroxylation is 1. The molecule has 1 atom stereocenters. The van der Waals surface area contributed by atoms with E-state index < -0.39 is 0 Å². The van der Waals surface area contributed by atoms with Crippen LogP contribution in [0.4, 0.5) is 0 Å². The number of rotatable bonds is 6. The van der Waals surface area contributed by atoms with Gasteiger partial charge in [-0.1, -0.05) is 24.6 Å². The van der Waals surface area contributed by atoms with Gasteiger partial charge in [0.2, 0.25) is 5.28 Å². The summed E-state index contributed by atoms with van der Waals surface area (Å²) >= 11 is 12.1. The van der Waals surface area contributed by atoms with Crippen LogP contribution in [0.1, 0.15) is 24.6 Å². The van der Waals surface area contributed by atoms with Crippen LogP contribution in [-0.4, -0.2) is 29.7 Å². The second kappa shape index (κ2) is 8.19. The number of hydrogen-bond donors (Lipinski definition) is 1. The number of nitrogens with zero attached hydrogens (tertiary/aromatic N) is 6. The predicted molar refractivity (Wildman–Crippen MR) is 112 cm³/mol. The number of nitriles is 1. The van der Waals surface area contributed by atoms with Crippen molar-refractivity contribution < 1.29 is 0 Å². The molecule has 4 aromatic rings. The highest BCUT2D eigenvalue weighted by Crippen LogP contribution is 2.24. The zero-order valence-electron chi connectivity index (χ0n) is 15.6. The lowest BCUT2D eigenvalue weighted by Gasteiger charge is -2.11. The van der Waals surface area contributed by atoms with E-state index in [4.69, 9.17) is 28.5 Å². The summed E-state index contributed by atoms with van der Waals surface area (Å²) < 4.78 is 1.92. The fraction of sp³-hybridized carbons (Fsp3) is 0.250. The van der Waals surface area contributed by atoms with Gasteiger partial charge < -0.3 is 4.98 Å². The molecular weight excluding hydrogens is 409 g/mol. The number of benzene rings is 1. The van der Waals surface area contributed by atoms with Crippen LogP contribution in [0.3, 0.4) is 0 Å². The number of halogens is 2. The Morgan fingerprint density at radius 3 is 2.90 bits per heavy atom. The topological polar surface area (TPSA) is 96.1 Å². The van der Waals surface area contributed by atoms with Crippen LogP contribution in [-0.2, 0) is 13.0 Å². The van der Waals surface area contributed by atoms with Gasteiger partial charge in [-0.05, 0) is 48.6 Å². The van der Waals surface area contributed by atoms with E-state index >= 15 is 0 Å². The molecule has 7 nitrogen and oxygen atoms in total. The Bertz CT molecular complexity index is 1210. The normalized spacial score (nSPS) is 12.2. The maximum Gasteiger partial charge on any atom is 0.224 e. The zero-order chi connectivity index (χ0) is 20.4. The van der Waals surface area contributed by atoms with Crippen LogP contribution in [0.15, 0.2) is 36.8 Å². The molecule has 0 bridgehead atoms. The number of fused-ring (bicyclic) bond motifs is 1. The van der Waals surface area contributed by atoms with Gasteiger partial charge in [-0.3, -0.25) is 4.68 Å². The lowest BCUT2D eigenvalue weighted by Crippen LogP contribution is -2.10. The molecule has 29 heavy (non-hydrogen) atoms. The van der Waals surface area contributed by atoms with E-state index in [2.05, 4.69) is 38.0 Å². The van der Waals surface area contributed by atoms with E-state index in [1.54, 1.807) is 18.5 Å². The van der Waals surface area contributed by atoms with E-state index in [1.807, 2.05) is 23.0 Å². The average molecular weight is 426 g/mol. The largest absolute Gasteiger partial charge is 0.342 e. The quantitative estimate of drug-likeness (QED) is 0.452. The molecule has 4 rings (SSSR count). The number of nitrogens with one attached hydrogen (secondary N) is 1. The maximum atomic E-state index is 9.00. The summed E-state index contributed by atoms with van der Waals surface area (Å²) in [6.45, 7) is 2.95. The van der Waals surface area contributed by atoms with Crippen molar-refractivity contribution in [3.8, 4) is 17.3 Å². The minimum absolute atomic E-state index is 0.213. The molecule has 0 unspecified atom stereocenters. The smallest absolute Gasteiger partial charge is 0.224 e. The molecule has 0 radical (unpaired) electrons. The number of aromatic amines is 1. The van der Waals surface area contributed by atoms with Crippen molar-refractivity contribution in [1.82, 2.24) is 29.7 Å². The van der Waals surface area contributed by atoms with E-state index in [-0.39, 0.29) is 5.28 Å². The third-order valence-electron chi connectivity index (χ3n) is 4.73. The molecule has 0 saturated carbocycles. The molecule has 0 aliphatic carbocycles. The summed E-state index contributed by atoms with van der Waals surface area (Å²) in [5.41, 5.74) is 4.46. The molecule has 0 amide bonds. The molecular formula is C20H17Cl2N7. The van der Waals surface area contributed by atoms with Gasteiger partial charge in [0, 0.05) is 18.3 Å². The van der Waals surface area contributed by atoms with Crippen LogP contribution >= 0.6 is 23.2 Å². The lowest BCUT2D eigenvalue weighted by molar-refractivity contribution is 0.424. The summed E-state index contributed by atoms with van der Waals surface area (Å²) in [6.07, 6.45) is 5.23. The van der Waals surface area contributed by atoms with E-state index in [9.17, 15) is 0 Å². The van der Waals surface area contributed by atoms with Gasteiger partial charge in [0.25, 0.3) is 0 Å². The average Bonchev–Trinajstić information content (AvgIpc) is 3.35.